The molecule has 1 fully saturated rings. The molecule has 1 saturated heterocycles. The number of carbonyl (C=O) groups is 1. The fourth-order valence-corrected chi connectivity index (χ4v) is 4.04. The Morgan fingerprint density at radius 2 is 2.09 bits per heavy atom. The van der Waals surface area contributed by atoms with Crippen LogP contribution in [0.4, 0.5) is 0 Å². The molecule has 1 aromatic rings. The molecule has 0 radical (unpaired) electrons. The molecule has 0 unspecified atom stereocenters. The van der Waals surface area contributed by atoms with E-state index >= 15 is 0 Å². The molecule has 0 bridgehead atoms. The molecule has 1 aromatic carbocycles. The van der Waals surface area contributed by atoms with Gasteiger partial charge in [0.05, 0.1) is 6.04 Å². The number of nitrogens with zero attached hydrogens (tertiary/aromatic N) is 1. The van der Waals surface area contributed by atoms with Crippen LogP contribution in [-0.4, -0.2) is 43.7 Å². The van der Waals surface area contributed by atoms with Crippen LogP contribution in [-0.2, 0) is 9.53 Å². The molecule has 4 atom stereocenters. The van der Waals surface area contributed by atoms with Crippen molar-refractivity contribution >= 4 is 5.91 Å². The molecule has 22 heavy (non-hydrogen) atoms. The number of hydrogen-bond acceptors (Lipinski definition) is 3. The predicted molar refractivity (Wildman–Crippen MR) is 86.8 cm³/mol. The fourth-order valence-electron chi connectivity index (χ4n) is 4.04. The Hall–Kier alpha value is -1.39. The lowest BCUT2D eigenvalue weighted by Gasteiger charge is -2.26. The number of methoxy groups -OCH3 is 1. The van der Waals surface area contributed by atoms with E-state index in [4.69, 9.17) is 4.74 Å². The van der Waals surface area contributed by atoms with Gasteiger partial charge in [-0.2, -0.15) is 0 Å². The van der Waals surface area contributed by atoms with Crippen molar-refractivity contribution in [2.24, 2.45) is 5.92 Å². The lowest BCUT2D eigenvalue weighted by Crippen LogP contribution is -2.37. The third-order valence-electron chi connectivity index (χ3n) is 5.36. The second kappa shape index (κ2) is 6.39. The van der Waals surface area contributed by atoms with Crippen LogP contribution in [0.25, 0.3) is 0 Å². The molecule has 1 N–H and O–H groups in total. The van der Waals surface area contributed by atoms with Crippen LogP contribution in [0.5, 0.6) is 0 Å². The SMILES string of the molecule is CC[C@H](C)N1C[C@@H]2[C@H](NC(=O)COC)c3ccccc3[C@@H]2C1. The van der Waals surface area contributed by atoms with E-state index in [1.165, 1.54) is 17.5 Å². The molecule has 0 spiro atoms. The van der Waals surface area contributed by atoms with Gasteiger partial charge in [-0.3, -0.25) is 9.69 Å². The molecule has 1 heterocycles. The summed E-state index contributed by atoms with van der Waals surface area (Å²) in [5, 5.41) is 3.19. The van der Waals surface area contributed by atoms with Gasteiger partial charge in [0, 0.05) is 38.1 Å². The Balaban J connectivity index is 1.84. The molecule has 1 aliphatic heterocycles. The normalized spacial score (nSPS) is 28.2. The third kappa shape index (κ3) is 2.66. The second-order valence-electron chi connectivity index (χ2n) is 6.59. The molecule has 3 rings (SSSR count). The van der Waals surface area contributed by atoms with Crippen LogP contribution in [0.1, 0.15) is 43.4 Å². The van der Waals surface area contributed by atoms with Crippen molar-refractivity contribution in [3.8, 4) is 0 Å². The van der Waals surface area contributed by atoms with E-state index in [1.807, 2.05) is 0 Å². The third-order valence-corrected chi connectivity index (χ3v) is 5.36. The Morgan fingerprint density at radius 3 is 2.77 bits per heavy atom. The maximum absolute atomic E-state index is 12.0. The van der Waals surface area contributed by atoms with Crippen LogP contribution >= 0.6 is 0 Å². The largest absolute Gasteiger partial charge is 0.375 e. The minimum atomic E-state index is -0.0232. The Morgan fingerprint density at radius 1 is 1.36 bits per heavy atom. The van der Waals surface area contributed by atoms with Crippen molar-refractivity contribution in [3.05, 3.63) is 35.4 Å². The van der Waals surface area contributed by atoms with Crippen molar-refractivity contribution in [1.29, 1.82) is 0 Å². The average Bonchev–Trinajstić information content (AvgIpc) is 3.07. The molecule has 4 heteroatoms. The fraction of sp³-hybridized carbons (Fsp3) is 0.611. The summed E-state index contributed by atoms with van der Waals surface area (Å²) in [6, 6.07) is 9.31. The maximum Gasteiger partial charge on any atom is 0.246 e. The van der Waals surface area contributed by atoms with E-state index in [2.05, 4.69) is 48.3 Å². The summed E-state index contributed by atoms with van der Waals surface area (Å²) in [7, 11) is 1.56. The lowest BCUT2D eigenvalue weighted by molar-refractivity contribution is -0.125. The Kier molecular flexibility index (Phi) is 4.50. The molecular formula is C18H26N2O2. The van der Waals surface area contributed by atoms with E-state index < -0.39 is 0 Å². The first-order chi connectivity index (χ1) is 10.7. The molecule has 120 valence electrons. The second-order valence-corrected chi connectivity index (χ2v) is 6.59. The van der Waals surface area contributed by atoms with Gasteiger partial charge in [0.2, 0.25) is 5.91 Å². The molecule has 1 amide bonds. The number of nitrogens with one attached hydrogen (secondary N) is 1. The van der Waals surface area contributed by atoms with Crippen molar-refractivity contribution in [2.75, 3.05) is 26.8 Å². The molecule has 2 aliphatic rings. The Labute approximate surface area is 132 Å². The number of likely N-dealkylation sites (tertiary alicyclic amines) is 1. The van der Waals surface area contributed by atoms with Crippen molar-refractivity contribution in [1.82, 2.24) is 10.2 Å². The van der Waals surface area contributed by atoms with Crippen molar-refractivity contribution < 1.29 is 9.53 Å². The lowest BCUT2D eigenvalue weighted by atomic mass is 9.94. The minimum absolute atomic E-state index is 0.0232. The number of benzene rings is 1. The number of hydrogen-bond donors (Lipinski definition) is 1. The summed E-state index contributed by atoms with van der Waals surface area (Å²) in [6.07, 6.45) is 1.17. The Bertz CT molecular complexity index is 546. The maximum atomic E-state index is 12.0. The summed E-state index contributed by atoms with van der Waals surface area (Å²) in [6.45, 7) is 6.83. The van der Waals surface area contributed by atoms with Crippen molar-refractivity contribution in [2.45, 2.75) is 38.3 Å². The molecule has 0 saturated carbocycles. The van der Waals surface area contributed by atoms with Gasteiger partial charge in [0.15, 0.2) is 0 Å². The zero-order valence-electron chi connectivity index (χ0n) is 13.7. The highest BCUT2D eigenvalue weighted by Gasteiger charge is 2.47. The minimum Gasteiger partial charge on any atom is -0.375 e. The topological polar surface area (TPSA) is 41.6 Å². The van der Waals surface area contributed by atoms with Gasteiger partial charge in [-0.1, -0.05) is 31.2 Å². The zero-order valence-corrected chi connectivity index (χ0v) is 13.7. The monoisotopic (exact) mass is 302 g/mol. The quantitative estimate of drug-likeness (QED) is 0.907. The highest BCUT2D eigenvalue weighted by atomic mass is 16.5. The molecular weight excluding hydrogens is 276 g/mol. The molecule has 0 aromatic heterocycles. The van der Waals surface area contributed by atoms with Gasteiger partial charge in [0.1, 0.15) is 6.61 Å². The molecule has 1 aliphatic carbocycles. The molecule has 4 nitrogen and oxygen atoms in total. The standard InChI is InChI=1S/C18H26N2O2/c1-4-12(2)20-9-15-13-7-5-6-8-14(13)18(16(15)10-20)19-17(21)11-22-3/h5-8,12,15-16,18H,4,9-11H2,1-3H3,(H,19,21)/t12-,15-,16-,18+/m0/s1. The van der Waals surface area contributed by atoms with E-state index in [0.29, 0.717) is 17.9 Å². The van der Waals surface area contributed by atoms with Gasteiger partial charge in [-0.05, 0) is 24.5 Å². The highest BCUT2D eigenvalue weighted by molar-refractivity contribution is 5.78. The van der Waals surface area contributed by atoms with E-state index in [0.717, 1.165) is 13.1 Å². The first kappa shape index (κ1) is 15.5. The van der Waals surface area contributed by atoms with Crippen LogP contribution < -0.4 is 5.32 Å². The number of rotatable bonds is 5. The van der Waals surface area contributed by atoms with Gasteiger partial charge >= 0.3 is 0 Å². The van der Waals surface area contributed by atoms with Crippen LogP contribution in [0.2, 0.25) is 0 Å². The van der Waals surface area contributed by atoms with Crippen LogP contribution in [0, 0.1) is 5.92 Å². The zero-order chi connectivity index (χ0) is 15.7. The van der Waals surface area contributed by atoms with Crippen molar-refractivity contribution in [3.63, 3.8) is 0 Å². The smallest absolute Gasteiger partial charge is 0.246 e. The average molecular weight is 302 g/mol. The van der Waals surface area contributed by atoms with E-state index in [9.17, 15) is 4.79 Å². The first-order valence-electron chi connectivity index (χ1n) is 8.26. The van der Waals surface area contributed by atoms with E-state index in [-0.39, 0.29) is 18.6 Å². The predicted octanol–water partition coefficient (Wildman–Crippen LogP) is 2.32. The first-order valence-corrected chi connectivity index (χ1v) is 8.26. The van der Waals surface area contributed by atoms with Crippen LogP contribution in [0.15, 0.2) is 24.3 Å². The summed E-state index contributed by atoms with van der Waals surface area (Å²) < 4.78 is 4.97. The van der Waals surface area contributed by atoms with E-state index in [1.54, 1.807) is 7.11 Å². The summed E-state index contributed by atoms with van der Waals surface area (Å²) in [5.74, 6) is 0.996. The number of carbonyl (C=O) groups excluding carboxylic acids is 1. The van der Waals surface area contributed by atoms with Gasteiger partial charge in [-0.25, -0.2) is 0 Å². The van der Waals surface area contributed by atoms with Gasteiger partial charge in [0.25, 0.3) is 0 Å². The number of ether oxygens (including phenoxy) is 1. The summed E-state index contributed by atoms with van der Waals surface area (Å²) in [4.78, 5) is 14.6. The summed E-state index contributed by atoms with van der Waals surface area (Å²) >= 11 is 0. The highest BCUT2D eigenvalue weighted by Crippen LogP contribution is 2.49. The van der Waals surface area contributed by atoms with Gasteiger partial charge < -0.3 is 10.1 Å². The summed E-state index contributed by atoms with van der Waals surface area (Å²) in [5.41, 5.74) is 2.71. The number of fused-ring (bicyclic) bond motifs is 3. The van der Waals surface area contributed by atoms with Gasteiger partial charge in [-0.15, -0.1) is 0 Å². The number of amides is 1. The van der Waals surface area contributed by atoms with Crippen LogP contribution in [0.3, 0.4) is 0 Å².